The van der Waals surface area contributed by atoms with E-state index in [-0.39, 0.29) is 18.3 Å². The lowest BCUT2D eigenvalue weighted by Crippen LogP contribution is -2.64. The van der Waals surface area contributed by atoms with Crippen molar-refractivity contribution in [3.63, 3.8) is 0 Å². The third kappa shape index (κ3) is 3.13. The van der Waals surface area contributed by atoms with E-state index >= 15 is 0 Å². The minimum Gasteiger partial charge on any atom is -0.366 e. The highest BCUT2D eigenvalue weighted by Crippen LogP contribution is 2.40. The fraction of sp³-hybridized carbons (Fsp3) is 0.250. The van der Waals surface area contributed by atoms with E-state index < -0.39 is 24.1 Å². The Morgan fingerprint density at radius 3 is 2.29 bits per heavy atom. The number of primary amides is 1. The fourth-order valence-electron chi connectivity index (χ4n) is 4.61. The quantitative estimate of drug-likeness (QED) is 0.752. The Balaban J connectivity index is 1.49. The van der Waals surface area contributed by atoms with E-state index in [9.17, 15) is 18.8 Å². The molecule has 2 atom stereocenters. The Morgan fingerprint density at radius 2 is 1.68 bits per heavy atom. The smallest absolute Gasteiger partial charge is 0.328 e. The Bertz CT molecular complexity index is 1270. The summed E-state index contributed by atoms with van der Waals surface area (Å²) in [7, 11) is 1.62. The van der Waals surface area contributed by atoms with Gasteiger partial charge in [-0.05, 0) is 55.8 Å². The Hall–Kier alpha value is -4.21. The minimum atomic E-state index is -0.719. The van der Waals surface area contributed by atoms with Gasteiger partial charge in [0.05, 0.1) is 6.54 Å². The van der Waals surface area contributed by atoms with Gasteiger partial charge in [-0.3, -0.25) is 24.3 Å². The first-order chi connectivity index (χ1) is 16.2. The molecule has 0 aromatic heterocycles. The van der Waals surface area contributed by atoms with Gasteiger partial charge in [-0.25, -0.2) is 14.2 Å². The number of nitrogens with two attached hydrogens (primary N) is 1. The lowest BCUT2D eigenvalue weighted by Gasteiger charge is -2.40. The number of fused-ring (bicyclic) bond motifs is 3. The van der Waals surface area contributed by atoms with E-state index in [1.807, 2.05) is 23.6 Å². The van der Waals surface area contributed by atoms with Crippen molar-refractivity contribution in [2.45, 2.75) is 32.6 Å². The average molecular weight is 462 g/mol. The highest BCUT2D eigenvalue weighted by Gasteiger charge is 2.55. The van der Waals surface area contributed by atoms with Crippen molar-refractivity contribution in [2.75, 3.05) is 11.9 Å². The molecular weight excluding hydrogens is 439 g/mol. The number of urea groups is 1. The molecule has 5 rings (SSSR count). The molecule has 3 aliphatic rings. The van der Waals surface area contributed by atoms with Gasteiger partial charge in [-0.2, -0.15) is 0 Å². The lowest BCUT2D eigenvalue weighted by molar-refractivity contribution is -0.137. The number of anilines is 1. The van der Waals surface area contributed by atoms with Crippen molar-refractivity contribution in [2.24, 2.45) is 10.7 Å². The van der Waals surface area contributed by atoms with Gasteiger partial charge in [-0.1, -0.05) is 12.1 Å². The third-order valence-electron chi connectivity index (χ3n) is 6.56. The molecule has 174 valence electrons. The SMILES string of the molecule is CC1=C(C)N2C(=NC3C2C(=O)N(Cc2ccc(F)cc2)C(=O)N3C)N1c1ccc(C(N)=O)cc1. The number of aliphatic imine (C=N–C) groups is 1. The highest BCUT2D eigenvalue weighted by molar-refractivity contribution is 6.10. The van der Waals surface area contributed by atoms with Gasteiger partial charge in [0.1, 0.15) is 5.82 Å². The molecular formula is C24H23FN6O3. The summed E-state index contributed by atoms with van der Waals surface area (Å²) in [5, 5.41) is 0. The van der Waals surface area contributed by atoms with Crippen LogP contribution in [-0.2, 0) is 11.3 Å². The van der Waals surface area contributed by atoms with E-state index in [4.69, 9.17) is 10.7 Å². The standard InChI is InChI=1S/C24H23FN6O3/c1-13-14(2)31-19-21(27-23(31)30(13)18-10-6-16(7-11-18)20(26)32)28(3)24(34)29(22(19)33)12-15-4-8-17(25)9-5-15/h4-11,19,21H,12H2,1-3H3,(H2,26,32). The first-order valence-electron chi connectivity index (χ1n) is 10.8. The summed E-state index contributed by atoms with van der Waals surface area (Å²) < 4.78 is 13.3. The third-order valence-corrected chi connectivity index (χ3v) is 6.56. The predicted octanol–water partition coefficient (Wildman–Crippen LogP) is 2.46. The van der Waals surface area contributed by atoms with Crippen LogP contribution in [0.1, 0.15) is 29.8 Å². The van der Waals surface area contributed by atoms with Crippen LogP contribution in [0.3, 0.4) is 0 Å². The zero-order valence-electron chi connectivity index (χ0n) is 18.9. The number of amides is 4. The average Bonchev–Trinajstić information content (AvgIpc) is 3.32. The van der Waals surface area contributed by atoms with Crippen molar-refractivity contribution < 1.29 is 18.8 Å². The first-order valence-corrected chi connectivity index (χ1v) is 10.8. The monoisotopic (exact) mass is 462 g/mol. The second-order valence-electron chi connectivity index (χ2n) is 8.52. The zero-order valence-corrected chi connectivity index (χ0v) is 18.9. The van der Waals surface area contributed by atoms with Crippen LogP contribution in [0.4, 0.5) is 14.9 Å². The number of benzene rings is 2. The zero-order chi connectivity index (χ0) is 24.3. The molecule has 3 heterocycles. The Morgan fingerprint density at radius 1 is 1.03 bits per heavy atom. The molecule has 9 nitrogen and oxygen atoms in total. The van der Waals surface area contributed by atoms with Crippen LogP contribution in [0.15, 0.2) is 64.9 Å². The number of nitrogens with zero attached hydrogens (tertiary/aromatic N) is 5. The number of guanidine groups is 1. The van der Waals surface area contributed by atoms with Gasteiger partial charge in [-0.15, -0.1) is 0 Å². The van der Waals surface area contributed by atoms with Gasteiger partial charge >= 0.3 is 6.03 Å². The molecule has 34 heavy (non-hydrogen) atoms. The number of carbonyl (C=O) groups excluding carboxylic acids is 3. The number of halogens is 1. The summed E-state index contributed by atoms with van der Waals surface area (Å²) in [6.07, 6.45) is -0.685. The molecule has 2 aromatic carbocycles. The Labute approximate surface area is 195 Å². The molecule has 0 radical (unpaired) electrons. The molecule has 4 amide bonds. The fourth-order valence-corrected chi connectivity index (χ4v) is 4.61. The molecule has 10 heteroatoms. The van der Waals surface area contributed by atoms with Crippen molar-refractivity contribution in [3.8, 4) is 0 Å². The normalized spacial score (nSPS) is 21.8. The highest BCUT2D eigenvalue weighted by atomic mass is 19.1. The second-order valence-corrected chi connectivity index (χ2v) is 8.52. The number of imide groups is 1. The van der Waals surface area contributed by atoms with Gasteiger partial charge in [0, 0.05) is 29.7 Å². The Kier molecular flexibility index (Phi) is 4.89. The second kappa shape index (κ2) is 7.68. The lowest BCUT2D eigenvalue weighted by atomic mass is 10.1. The molecule has 1 saturated heterocycles. The van der Waals surface area contributed by atoms with Crippen LogP contribution in [-0.4, -0.2) is 57.8 Å². The van der Waals surface area contributed by atoms with E-state index in [2.05, 4.69) is 0 Å². The molecule has 0 aliphatic carbocycles. The van der Waals surface area contributed by atoms with E-state index in [1.54, 1.807) is 43.4 Å². The molecule has 0 saturated carbocycles. The van der Waals surface area contributed by atoms with E-state index in [0.717, 1.165) is 17.1 Å². The van der Waals surface area contributed by atoms with Crippen molar-refractivity contribution in [1.82, 2.24) is 14.7 Å². The molecule has 1 fully saturated rings. The summed E-state index contributed by atoms with van der Waals surface area (Å²) >= 11 is 0. The molecule has 0 spiro atoms. The van der Waals surface area contributed by atoms with Crippen molar-refractivity contribution in [3.05, 3.63) is 76.9 Å². The van der Waals surface area contributed by atoms with Crippen LogP contribution < -0.4 is 10.6 Å². The van der Waals surface area contributed by atoms with Crippen LogP contribution in [0.2, 0.25) is 0 Å². The van der Waals surface area contributed by atoms with Gasteiger partial charge in [0.25, 0.3) is 5.91 Å². The van der Waals surface area contributed by atoms with Crippen LogP contribution in [0.25, 0.3) is 0 Å². The number of carbonyl (C=O) groups is 3. The summed E-state index contributed by atoms with van der Waals surface area (Å²) in [6.45, 7) is 3.86. The van der Waals surface area contributed by atoms with Crippen molar-refractivity contribution >= 4 is 29.5 Å². The summed E-state index contributed by atoms with van der Waals surface area (Å²) in [4.78, 5) is 49.3. The maximum absolute atomic E-state index is 13.6. The first kappa shape index (κ1) is 21.6. The summed E-state index contributed by atoms with van der Waals surface area (Å²) in [5.74, 6) is -0.736. The maximum atomic E-state index is 13.6. The topological polar surface area (TPSA) is 103 Å². The van der Waals surface area contributed by atoms with Crippen LogP contribution >= 0.6 is 0 Å². The van der Waals surface area contributed by atoms with Crippen molar-refractivity contribution in [1.29, 1.82) is 0 Å². The van der Waals surface area contributed by atoms with Crippen LogP contribution in [0.5, 0.6) is 0 Å². The van der Waals surface area contributed by atoms with Gasteiger partial charge in [0.2, 0.25) is 11.9 Å². The number of hydrogen-bond acceptors (Lipinski definition) is 6. The molecule has 2 unspecified atom stereocenters. The largest absolute Gasteiger partial charge is 0.366 e. The summed E-state index contributed by atoms with van der Waals surface area (Å²) in [6, 6.07) is 11.3. The van der Waals surface area contributed by atoms with E-state index in [1.165, 1.54) is 21.9 Å². The molecule has 2 N–H and O–H groups in total. The predicted molar refractivity (Wildman–Crippen MR) is 123 cm³/mol. The minimum absolute atomic E-state index is 0.0364. The van der Waals surface area contributed by atoms with Gasteiger partial charge in [0.15, 0.2) is 12.2 Å². The van der Waals surface area contributed by atoms with E-state index in [0.29, 0.717) is 17.1 Å². The molecule has 3 aliphatic heterocycles. The number of allylic oxidation sites excluding steroid dienone is 2. The molecule has 0 bridgehead atoms. The number of rotatable bonds is 4. The summed E-state index contributed by atoms with van der Waals surface area (Å²) in [5.41, 5.74) is 8.86. The molecule has 2 aromatic rings. The van der Waals surface area contributed by atoms with Crippen LogP contribution in [0, 0.1) is 5.82 Å². The number of hydrogen-bond donors (Lipinski definition) is 1. The van der Waals surface area contributed by atoms with Gasteiger partial charge < -0.3 is 10.6 Å². The maximum Gasteiger partial charge on any atom is 0.328 e. The number of likely N-dealkylation sites (N-methyl/N-ethyl adjacent to an activating group) is 1.